The summed E-state index contributed by atoms with van der Waals surface area (Å²) < 4.78 is 1.40. The van der Waals surface area contributed by atoms with Crippen molar-refractivity contribution < 1.29 is 0 Å². The SMILES string of the molecule is C/C=C(/C)c1sc2ccc(C)cc2c1C. The minimum absolute atomic E-state index is 1.34. The van der Waals surface area contributed by atoms with E-state index in [0.29, 0.717) is 0 Å². The van der Waals surface area contributed by atoms with Gasteiger partial charge in [-0.05, 0) is 50.3 Å². The van der Waals surface area contributed by atoms with E-state index in [4.69, 9.17) is 0 Å². The lowest BCUT2D eigenvalue weighted by atomic mass is 10.1. The number of hydrogen-bond acceptors (Lipinski definition) is 1. The predicted octanol–water partition coefficient (Wildman–Crippen LogP) is 4.94. The number of hydrogen-bond donors (Lipinski definition) is 0. The average molecular weight is 216 g/mol. The van der Waals surface area contributed by atoms with Gasteiger partial charge in [0.15, 0.2) is 0 Å². The lowest BCUT2D eigenvalue weighted by molar-refractivity contribution is 1.48. The molecule has 0 saturated carbocycles. The van der Waals surface area contributed by atoms with Crippen molar-refractivity contribution in [3.63, 3.8) is 0 Å². The van der Waals surface area contributed by atoms with E-state index in [1.807, 2.05) is 11.3 Å². The minimum Gasteiger partial charge on any atom is -0.135 e. The van der Waals surface area contributed by atoms with Gasteiger partial charge < -0.3 is 0 Å². The molecule has 1 aromatic carbocycles. The van der Waals surface area contributed by atoms with E-state index in [2.05, 4.69) is 52.0 Å². The Labute approximate surface area is 95.3 Å². The summed E-state index contributed by atoms with van der Waals surface area (Å²) in [7, 11) is 0. The molecule has 1 heteroatoms. The number of benzene rings is 1. The molecule has 0 nitrogen and oxygen atoms in total. The van der Waals surface area contributed by atoms with Gasteiger partial charge in [0.1, 0.15) is 0 Å². The molecule has 0 saturated heterocycles. The van der Waals surface area contributed by atoms with E-state index in [1.165, 1.54) is 31.7 Å². The third kappa shape index (κ3) is 1.72. The van der Waals surface area contributed by atoms with E-state index in [0.717, 1.165) is 0 Å². The summed E-state index contributed by atoms with van der Waals surface area (Å²) >= 11 is 1.90. The highest BCUT2D eigenvalue weighted by atomic mass is 32.1. The van der Waals surface area contributed by atoms with Crippen LogP contribution in [0.5, 0.6) is 0 Å². The first-order valence-corrected chi connectivity index (χ1v) is 6.08. The fourth-order valence-electron chi connectivity index (χ4n) is 1.84. The molecule has 1 heterocycles. The molecule has 0 aliphatic heterocycles. The molecule has 0 amide bonds. The Balaban J connectivity index is 2.75. The van der Waals surface area contributed by atoms with E-state index in [1.54, 1.807) is 0 Å². The Hall–Kier alpha value is -1.08. The van der Waals surface area contributed by atoms with Gasteiger partial charge in [0.05, 0.1) is 0 Å². The molecule has 0 fully saturated rings. The molecule has 0 aliphatic carbocycles. The summed E-state index contributed by atoms with van der Waals surface area (Å²) in [6.45, 7) is 8.66. The molecule has 0 atom stereocenters. The molecule has 0 unspecified atom stereocenters. The molecular formula is C14H16S. The van der Waals surface area contributed by atoms with Crippen molar-refractivity contribution in [2.24, 2.45) is 0 Å². The van der Waals surface area contributed by atoms with Gasteiger partial charge in [0.25, 0.3) is 0 Å². The van der Waals surface area contributed by atoms with Crippen molar-refractivity contribution >= 4 is 27.0 Å². The number of fused-ring (bicyclic) bond motifs is 1. The second kappa shape index (κ2) is 3.82. The number of allylic oxidation sites excluding steroid dienone is 2. The van der Waals surface area contributed by atoms with Gasteiger partial charge >= 0.3 is 0 Å². The van der Waals surface area contributed by atoms with Gasteiger partial charge in [-0.2, -0.15) is 0 Å². The fraction of sp³-hybridized carbons (Fsp3) is 0.286. The van der Waals surface area contributed by atoms with Crippen molar-refractivity contribution in [1.29, 1.82) is 0 Å². The molecular weight excluding hydrogens is 200 g/mol. The molecule has 0 spiro atoms. The van der Waals surface area contributed by atoms with Gasteiger partial charge in [-0.1, -0.05) is 23.8 Å². The highest BCUT2D eigenvalue weighted by molar-refractivity contribution is 7.20. The van der Waals surface area contributed by atoms with Crippen LogP contribution in [0.1, 0.15) is 29.9 Å². The van der Waals surface area contributed by atoms with Crippen molar-refractivity contribution in [1.82, 2.24) is 0 Å². The fourth-order valence-corrected chi connectivity index (χ4v) is 3.06. The molecule has 78 valence electrons. The molecule has 15 heavy (non-hydrogen) atoms. The summed E-state index contributed by atoms with van der Waals surface area (Å²) in [5, 5.41) is 1.41. The lowest BCUT2D eigenvalue weighted by Crippen LogP contribution is -1.77. The van der Waals surface area contributed by atoms with Crippen LogP contribution < -0.4 is 0 Å². The normalized spacial score (nSPS) is 12.4. The summed E-state index contributed by atoms with van der Waals surface area (Å²) in [6, 6.07) is 6.70. The maximum Gasteiger partial charge on any atom is 0.0352 e. The summed E-state index contributed by atoms with van der Waals surface area (Å²) in [5.74, 6) is 0. The van der Waals surface area contributed by atoms with Crippen LogP contribution in [0, 0.1) is 13.8 Å². The second-order valence-corrected chi connectivity index (χ2v) is 5.08. The van der Waals surface area contributed by atoms with Crippen molar-refractivity contribution in [2.75, 3.05) is 0 Å². The zero-order valence-electron chi connectivity index (χ0n) is 9.72. The molecule has 0 radical (unpaired) electrons. The number of rotatable bonds is 1. The Kier molecular flexibility index (Phi) is 2.66. The van der Waals surface area contributed by atoms with E-state index < -0.39 is 0 Å². The molecule has 0 bridgehead atoms. The molecule has 1 aromatic heterocycles. The average Bonchev–Trinajstić information content (AvgIpc) is 2.55. The first-order chi connectivity index (χ1) is 7.13. The van der Waals surface area contributed by atoms with Crippen molar-refractivity contribution in [3.8, 4) is 0 Å². The maximum absolute atomic E-state index is 2.29. The topological polar surface area (TPSA) is 0 Å². The Morgan fingerprint density at radius 3 is 2.67 bits per heavy atom. The highest BCUT2D eigenvalue weighted by Gasteiger charge is 2.08. The monoisotopic (exact) mass is 216 g/mol. The van der Waals surface area contributed by atoms with Crippen molar-refractivity contribution in [3.05, 3.63) is 40.3 Å². The minimum atomic E-state index is 1.34. The molecule has 0 N–H and O–H groups in total. The van der Waals surface area contributed by atoms with Gasteiger partial charge in [-0.25, -0.2) is 0 Å². The number of thiophene rings is 1. The Bertz CT molecular complexity index is 530. The summed E-state index contributed by atoms with van der Waals surface area (Å²) in [5.41, 5.74) is 4.15. The smallest absolute Gasteiger partial charge is 0.0352 e. The largest absolute Gasteiger partial charge is 0.135 e. The van der Waals surface area contributed by atoms with E-state index >= 15 is 0 Å². The van der Waals surface area contributed by atoms with Crippen LogP contribution in [0.25, 0.3) is 15.7 Å². The van der Waals surface area contributed by atoms with Gasteiger partial charge in [-0.3, -0.25) is 0 Å². The lowest BCUT2D eigenvalue weighted by Gasteiger charge is -1.97. The second-order valence-electron chi connectivity index (χ2n) is 4.03. The predicted molar refractivity (Wildman–Crippen MR) is 70.6 cm³/mol. The summed E-state index contributed by atoms with van der Waals surface area (Å²) in [6.07, 6.45) is 2.19. The first-order valence-electron chi connectivity index (χ1n) is 5.26. The number of aryl methyl sites for hydroxylation is 2. The van der Waals surface area contributed by atoms with Gasteiger partial charge in [0, 0.05) is 9.58 Å². The van der Waals surface area contributed by atoms with Gasteiger partial charge in [-0.15, -0.1) is 11.3 Å². The highest BCUT2D eigenvalue weighted by Crippen LogP contribution is 2.35. The molecule has 2 aromatic rings. The van der Waals surface area contributed by atoms with E-state index in [-0.39, 0.29) is 0 Å². The maximum atomic E-state index is 2.29. The Morgan fingerprint density at radius 2 is 2.00 bits per heavy atom. The van der Waals surface area contributed by atoms with Gasteiger partial charge in [0.2, 0.25) is 0 Å². The zero-order valence-corrected chi connectivity index (χ0v) is 10.5. The van der Waals surface area contributed by atoms with Crippen LogP contribution in [-0.2, 0) is 0 Å². The third-order valence-electron chi connectivity index (χ3n) is 2.88. The molecule has 2 rings (SSSR count). The van der Waals surface area contributed by atoms with Crippen molar-refractivity contribution in [2.45, 2.75) is 27.7 Å². The standard InChI is InChI=1S/C14H16S/c1-5-10(3)14-11(4)12-8-9(2)6-7-13(12)15-14/h5-8H,1-4H3/b10-5-. The van der Waals surface area contributed by atoms with Crippen LogP contribution in [0.3, 0.4) is 0 Å². The first kappa shape index (κ1) is 10.4. The zero-order chi connectivity index (χ0) is 11.0. The van der Waals surface area contributed by atoms with E-state index in [9.17, 15) is 0 Å². The Morgan fingerprint density at radius 1 is 1.27 bits per heavy atom. The van der Waals surface area contributed by atoms with Crippen LogP contribution in [0.15, 0.2) is 24.3 Å². The molecule has 0 aliphatic rings. The third-order valence-corrected chi connectivity index (χ3v) is 4.29. The quantitative estimate of drug-likeness (QED) is 0.633. The summed E-state index contributed by atoms with van der Waals surface area (Å²) in [4.78, 5) is 1.43. The van der Waals surface area contributed by atoms with Crippen LogP contribution in [-0.4, -0.2) is 0 Å². The van der Waals surface area contributed by atoms with Crippen LogP contribution in [0.2, 0.25) is 0 Å². The van der Waals surface area contributed by atoms with Crippen LogP contribution in [0.4, 0.5) is 0 Å². The van der Waals surface area contributed by atoms with Crippen LogP contribution >= 0.6 is 11.3 Å².